The molecule has 0 radical (unpaired) electrons. The molecule has 0 aliphatic carbocycles. The number of nitrogens with two attached hydrogens (primary N) is 1. The lowest BCUT2D eigenvalue weighted by molar-refractivity contribution is 0.0983. The number of Topliss-reactive ketones (excluding diaryl/α,β-unsaturated/α-hetero) is 1. The van der Waals surface area contributed by atoms with Crippen LogP contribution in [0.3, 0.4) is 0 Å². The second-order valence-electron chi connectivity index (χ2n) is 4.51. The number of nitrogen functional groups attached to an aromatic ring is 1. The molecule has 0 aliphatic heterocycles. The van der Waals surface area contributed by atoms with Crippen molar-refractivity contribution < 1.29 is 9.53 Å². The smallest absolute Gasteiger partial charge is 0.163 e. The van der Waals surface area contributed by atoms with Crippen molar-refractivity contribution in [2.45, 2.75) is 12.8 Å². The molecule has 2 rings (SSSR count). The van der Waals surface area contributed by atoms with Crippen LogP contribution in [0.5, 0.6) is 5.75 Å². The van der Waals surface area contributed by atoms with Crippen molar-refractivity contribution in [3.63, 3.8) is 0 Å². The number of carbonyl (C=O) groups is 1. The summed E-state index contributed by atoms with van der Waals surface area (Å²) in [6.45, 7) is 0. The third-order valence-corrected chi connectivity index (χ3v) is 3.81. The fourth-order valence-corrected chi connectivity index (χ4v) is 2.27. The molecule has 4 heteroatoms. The van der Waals surface area contributed by atoms with Gasteiger partial charge in [-0.05, 0) is 58.2 Å². The van der Waals surface area contributed by atoms with Crippen LogP contribution < -0.4 is 10.5 Å². The molecule has 104 valence electrons. The summed E-state index contributed by atoms with van der Waals surface area (Å²) in [5.74, 6) is 0.934. The van der Waals surface area contributed by atoms with E-state index in [2.05, 4.69) is 15.9 Å². The summed E-state index contributed by atoms with van der Waals surface area (Å²) in [6.07, 6.45) is 1.19. The number of rotatable bonds is 5. The van der Waals surface area contributed by atoms with E-state index in [1.165, 1.54) is 0 Å². The summed E-state index contributed by atoms with van der Waals surface area (Å²) in [7, 11) is 1.64. The number of carbonyl (C=O) groups excluding carboxylic acids is 1. The largest absolute Gasteiger partial charge is 0.497 e. The van der Waals surface area contributed by atoms with Crippen LogP contribution in [0.1, 0.15) is 22.3 Å². The van der Waals surface area contributed by atoms with Gasteiger partial charge in [0.1, 0.15) is 5.75 Å². The number of benzene rings is 2. The van der Waals surface area contributed by atoms with Crippen molar-refractivity contribution in [2.24, 2.45) is 0 Å². The van der Waals surface area contributed by atoms with E-state index in [0.29, 0.717) is 24.1 Å². The lowest BCUT2D eigenvalue weighted by Crippen LogP contribution is -2.02. The van der Waals surface area contributed by atoms with Crippen LogP contribution in [0.2, 0.25) is 0 Å². The van der Waals surface area contributed by atoms with E-state index in [9.17, 15) is 4.79 Å². The first kappa shape index (κ1) is 14.6. The van der Waals surface area contributed by atoms with Gasteiger partial charge in [-0.25, -0.2) is 0 Å². The molecule has 3 nitrogen and oxygen atoms in total. The van der Waals surface area contributed by atoms with Gasteiger partial charge in [-0.3, -0.25) is 4.79 Å². The quantitative estimate of drug-likeness (QED) is 0.667. The van der Waals surface area contributed by atoms with Gasteiger partial charge in [-0.1, -0.05) is 12.1 Å². The maximum atomic E-state index is 12.1. The second-order valence-corrected chi connectivity index (χ2v) is 5.36. The first-order valence-corrected chi connectivity index (χ1v) is 7.10. The molecule has 0 amide bonds. The standard InChI is InChI=1S/C16H16BrNO2/c1-20-13-6-2-11(3-7-13)4-9-16(19)12-5-8-15(18)14(17)10-12/h2-3,5-8,10H,4,9,18H2,1H3. The Balaban J connectivity index is 1.98. The van der Waals surface area contributed by atoms with E-state index in [0.717, 1.165) is 15.8 Å². The molecule has 2 aromatic rings. The highest BCUT2D eigenvalue weighted by Gasteiger charge is 2.08. The Bertz CT molecular complexity index is 608. The van der Waals surface area contributed by atoms with E-state index in [4.69, 9.17) is 10.5 Å². The average Bonchev–Trinajstić information content (AvgIpc) is 2.48. The SMILES string of the molecule is COc1ccc(CCC(=O)c2ccc(N)c(Br)c2)cc1. The highest BCUT2D eigenvalue weighted by atomic mass is 79.9. The molecular weight excluding hydrogens is 318 g/mol. The van der Waals surface area contributed by atoms with Gasteiger partial charge in [0.05, 0.1) is 7.11 Å². The monoisotopic (exact) mass is 333 g/mol. The van der Waals surface area contributed by atoms with Crippen molar-refractivity contribution in [3.8, 4) is 5.75 Å². The molecule has 0 heterocycles. The lowest BCUT2D eigenvalue weighted by Gasteiger charge is -2.05. The summed E-state index contributed by atoms with van der Waals surface area (Å²) in [5.41, 5.74) is 8.15. The Labute approximate surface area is 126 Å². The van der Waals surface area contributed by atoms with E-state index in [-0.39, 0.29) is 5.78 Å². The molecule has 2 N–H and O–H groups in total. The van der Waals surface area contributed by atoms with Crippen LogP contribution in [0, 0.1) is 0 Å². The van der Waals surface area contributed by atoms with Gasteiger partial charge in [0.15, 0.2) is 5.78 Å². The van der Waals surface area contributed by atoms with Crippen LogP contribution in [0.4, 0.5) is 5.69 Å². The van der Waals surface area contributed by atoms with Gasteiger partial charge in [0.2, 0.25) is 0 Å². The van der Waals surface area contributed by atoms with Crippen LogP contribution in [0.25, 0.3) is 0 Å². The van der Waals surface area contributed by atoms with E-state index in [1.807, 2.05) is 24.3 Å². The van der Waals surface area contributed by atoms with Crippen LogP contribution in [-0.2, 0) is 6.42 Å². The fraction of sp³-hybridized carbons (Fsp3) is 0.188. The maximum Gasteiger partial charge on any atom is 0.163 e. The third kappa shape index (κ3) is 3.61. The summed E-state index contributed by atoms with van der Waals surface area (Å²) < 4.78 is 5.86. The molecule has 0 aliphatic rings. The zero-order valence-electron chi connectivity index (χ0n) is 11.2. The number of halogens is 1. The first-order valence-electron chi connectivity index (χ1n) is 6.31. The number of methoxy groups -OCH3 is 1. The lowest BCUT2D eigenvalue weighted by atomic mass is 10.0. The zero-order valence-corrected chi connectivity index (χ0v) is 12.8. The van der Waals surface area contributed by atoms with E-state index < -0.39 is 0 Å². The van der Waals surface area contributed by atoms with Gasteiger partial charge in [-0.2, -0.15) is 0 Å². The van der Waals surface area contributed by atoms with Crippen molar-refractivity contribution in [1.29, 1.82) is 0 Å². The molecule has 20 heavy (non-hydrogen) atoms. The van der Waals surface area contributed by atoms with Gasteiger partial charge < -0.3 is 10.5 Å². The second kappa shape index (κ2) is 6.57. The number of hydrogen-bond donors (Lipinski definition) is 1. The van der Waals surface area contributed by atoms with E-state index >= 15 is 0 Å². The summed E-state index contributed by atoms with van der Waals surface area (Å²) in [6, 6.07) is 13.0. The molecule has 0 bridgehead atoms. The number of hydrogen-bond acceptors (Lipinski definition) is 3. The minimum atomic E-state index is 0.113. The van der Waals surface area contributed by atoms with Gasteiger partial charge in [0, 0.05) is 22.1 Å². The molecule has 0 saturated carbocycles. The summed E-state index contributed by atoms with van der Waals surface area (Å²) in [5, 5.41) is 0. The number of ketones is 1. The highest BCUT2D eigenvalue weighted by Crippen LogP contribution is 2.21. The van der Waals surface area contributed by atoms with Crippen LogP contribution in [-0.4, -0.2) is 12.9 Å². The topological polar surface area (TPSA) is 52.3 Å². The maximum absolute atomic E-state index is 12.1. The number of ether oxygens (including phenoxy) is 1. The number of anilines is 1. The molecule has 0 aromatic heterocycles. The zero-order chi connectivity index (χ0) is 14.5. The van der Waals surface area contributed by atoms with Gasteiger partial charge in [0.25, 0.3) is 0 Å². The van der Waals surface area contributed by atoms with Gasteiger partial charge in [-0.15, -0.1) is 0 Å². The molecule has 0 atom stereocenters. The fourth-order valence-electron chi connectivity index (χ4n) is 1.89. The minimum absolute atomic E-state index is 0.113. The summed E-state index contributed by atoms with van der Waals surface area (Å²) >= 11 is 3.34. The van der Waals surface area contributed by atoms with E-state index in [1.54, 1.807) is 25.3 Å². The minimum Gasteiger partial charge on any atom is -0.497 e. The predicted molar refractivity (Wildman–Crippen MR) is 84.2 cm³/mol. The third-order valence-electron chi connectivity index (χ3n) is 3.12. The molecule has 0 saturated heterocycles. The first-order chi connectivity index (χ1) is 9.60. The predicted octanol–water partition coefficient (Wildman–Crippen LogP) is 3.86. The molecule has 0 fully saturated rings. The van der Waals surface area contributed by atoms with Crippen molar-refractivity contribution >= 4 is 27.4 Å². The van der Waals surface area contributed by atoms with Gasteiger partial charge >= 0.3 is 0 Å². The normalized spacial score (nSPS) is 10.3. The Morgan fingerprint density at radius 3 is 2.50 bits per heavy atom. The molecule has 0 spiro atoms. The Morgan fingerprint density at radius 2 is 1.90 bits per heavy atom. The summed E-state index contributed by atoms with van der Waals surface area (Å²) in [4.78, 5) is 12.1. The van der Waals surface area contributed by atoms with Crippen LogP contribution >= 0.6 is 15.9 Å². The molecule has 0 unspecified atom stereocenters. The average molecular weight is 334 g/mol. The van der Waals surface area contributed by atoms with Crippen molar-refractivity contribution in [3.05, 3.63) is 58.1 Å². The Morgan fingerprint density at radius 1 is 1.20 bits per heavy atom. The van der Waals surface area contributed by atoms with Crippen molar-refractivity contribution in [1.82, 2.24) is 0 Å². The van der Waals surface area contributed by atoms with Crippen molar-refractivity contribution in [2.75, 3.05) is 12.8 Å². The molecule has 2 aromatic carbocycles. The molecular formula is C16H16BrNO2. The number of aryl methyl sites for hydroxylation is 1. The highest BCUT2D eigenvalue weighted by molar-refractivity contribution is 9.10. The Kier molecular flexibility index (Phi) is 4.79. The van der Waals surface area contributed by atoms with Crippen LogP contribution in [0.15, 0.2) is 46.9 Å². The Hall–Kier alpha value is -1.81.